The van der Waals surface area contributed by atoms with Gasteiger partial charge < -0.3 is 8.80 Å². The van der Waals surface area contributed by atoms with E-state index >= 15 is 0 Å². The summed E-state index contributed by atoms with van der Waals surface area (Å²) in [6.45, 7) is 7.36. The zero-order valence-electron chi connectivity index (χ0n) is 35.8. The summed E-state index contributed by atoms with van der Waals surface area (Å²) < 4.78 is 5.07. The summed E-state index contributed by atoms with van der Waals surface area (Å²) in [5, 5.41) is 22.4. The van der Waals surface area contributed by atoms with Gasteiger partial charge in [0.15, 0.2) is 0 Å². The predicted molar refractivity (Wildman–Crippen MR) is 280 cm³/mol. The highest BCUT2D eigenvalue weighted by atomic mass is 28.3. The smallest absolute Gasteiger partial charge is 0.0776 e. The van der Waals surface area contributed by atoms with Crippen LogP contribution in [0.25, 0.3) is 142 Å². The Morgan fingerprint density at radius 1 is 0.281 bits per heavy atom. The first-order valence-electron chi connectivity index (χ1n) is 22.6. The van der Waals surface area contributed by atoms with E-state index in [0.717, 1.165) is 0 Å². The second kappa shape index (κ2) is 12.0. The van der Waals surface area contributed by atoms with Crippen molar-refractivity contribution in [3.05, 3.63) is 188 Å². The molecule has 0 aliphatic rings. The summed E-state index contributed by atoms with van der Waals surface area (Å²) in [6, 6.07) is 71.7. The molecule has 0 unspecified atom stereocenters. The highest BCUT2D eigenvalue weighted by Gasteiger charge is 2.24. The van der Waals surface area contributed by atoms with Gasteiger partial charge in [0.1, 0.15) is 0 Å². The Balaban J connectivity index is 0.956. The van der Waals surface area contributed by atoms with Crippen LogP contribution >= 0.6 is 0 Å². The summed E-state index contributed by atoms with van der Waals surface area (Å²) >= 11 is 0. The molecule has 298 valence electrons. The summed E-state index contributed by atoms with van der Waals surface area (Å²) in [5.74, 6) is 0. The molecule has 0 saturated heterocycles. The van der Waals surface area contributed by atoms with Crippen LogP contribution in [0, 0.1) is 0 Å². The van der Waals surface area contributed by atoms with Crippen LogP contribution in [0.3, 0.4) is 0 Å². The van der Waals surface area contributed by atoms with Gasteiger partial charge in [-0.25, -0.2) is 0 Å². The predicted octanol–water partition coefficient (Wildman–Crippen LogP) is 16.5. The van der Waals surface area contributed by atoms with Crippen molar-refractivity contribution < 1.29 is 0 Å². The Morgan fingerprint density at radius 3 is 1.53 bits per heavy atom. The maximum absolute atomic E-state index is 2.55. The van der Waals surface area contributed by atoms with Crippen molar-refractivity contribution in [1.29, 1.82) is 0 Å². The highest BCUT2D eigenvalue weighted by Crippen LogP contribution is 2.47. The molecule has 0 saturated carbocycles. The second-order valence-electron chi connectivity index (χ2n) is 19.3. The first kappa shape index (κ1) is 34.8. The van der Waals surface area contributed by atoms with Crippen LogP contribution in [0.15, 0.2) is 188 Å². The third-order valence-electron chi connectivity index (χ3n) is 14.8. The first-order valence-corrected chi connectivity index (χ1v) is 26.1. The van der Waals surface area contributed by atoms with Crippen LogP contribution in [0.2, 0.25) is 19.6 Å². The van der Waals surface area contributed by atoms with Crippen molar-refractivity contribution in [3.63, 3.8) is 0 Å². The summed E-state index contributed by atoms with van der Waals surface area (Å²) in [5.41, 5.74) is 12.7. The third-order valence-corrected chi connectivity index (χ3v) is 16.9. The standard InChI is InChI=1S/C61H40N2Si/c1-64(2,3)43-22-27-56-53(34-43)59-47-24-19-37(29-42(47)32-51-48-14-8-9-15-54(48)62(56)60(51)59)39-20-25-49-50-31-40-11-5-7-13-46(40)58-52-30-38(21-26-55(52)63(61(50)58)57(49)33-39)36-18-23-45-41(28-36)17-16-35-10-4-6-12-44(35)45/h4-34H,1-3H3. The fourth-order valence-electron chi connectivity index (χ4n) is 11.8. The lowest BCUT2D eigenvalue weighted by atomic mass is 9.95. The van der Waals surface area contributed by atoms with Crippen LogP contribution in [-0.4, -0.2) is 16.9 Å². The molecule has 0 aliphatic carbocycles. The number of rotatable bonds is 3. The Hall–Kier alpha value is -7.72. The number of para-hydroxylation sites is 1. The number of hydrogen-bond acceptors (Lipinski definition) is 0. The van der Waals surface area contributed by atoms with Crippen LogP contribution in [0.1, 0.15) is 0 Å². The van der Waals surface area contributed by atoms with Crippen molar-refractivity contribution in [2.75, 3.05) is 0 Å². The SMILES string of the molecule is C[Si](C)(C)c1ccc2c(c1)c1c3ccc(-c4ccc5c6cc7ccccc7c7c8cc(-c9ccc%10c(ccc%11ccccc%11%10)c9)ccc8n(c5c4)c67)cc3cc3c4ccccc4n2c31. The molecule has 0 fully saturated rings. The maximum Gasteiger partial charge on any atom is 0.0776 e. The zero-order chi connectivity index (χ0) is 42.2. The van der Waals surface area contributed by atoms with E-state index in [1.165, 1.54) is 147 Å². The Morgan fingerprint density at radius 2 is 0.750 bits per heavy atom. The number of benzene rings is 11. The molecule has 3 heteroatoms. The summed E-state index contributed by atoms with van der Waals surface area (Å²) in [4.78, 5) is 0. The van der Waals surface area contributed by atoms with E-state index in [4.69, 9.17) is 0 Å². The fraction of sp³-hybridized carbons (Fsp3) is 0.0492. The molecular weight excluding hydrogens is 789 g/mol. The van der Waals surface area contributed by atoms with Gasteiger partial charge in [-0.15, -0.1) is 0 Å². The molecule has 0 atom stereocenters. The minimum absolute atomic E-state index is 1.23. The second-order valence-corrected chi connectivity index (χ2v) is 24.4. The minimum atomic E-state index is -1.54. The van der Waals surface area contributed by atoms with Crippen molar-refractivity contribution in [2.24, 2.45) is 0 Å². The Kier molecular flexibility index (Phi) is 6.55. The van der Waals surface area contributed by atoms with E-state index in [0.29, 0.717) is 0 Å². The van der Waals surface area contributed by atoms with Crippen molar-refractivity contribution >= 4 is 133 Å². The topological polar surface area (TPSA) is 8.82 Å². The average molecular weight is 829 g/mol. The lowest BCUT2D eigenvalue weighted by molar-refractivity contribution is 1.37. The zero-order valence-corrected chi connectivity index (χ0v) is 36.8. The molecule has 0 N–H and O–H groups in total. The van der Waals surface area contributed by atoms with Gasteiger partial charge in [-0.3, -0.25) is 0 Å². The van der Waals surface area contributed by atoms with E-state index in [2.05, 4.69) is 216 Å². The molecule has 0 aliphatic heterocycles. The van der Waals surface area contributed by atoms with Crippen molar-refractivity contribution in [3.8, 4) is 22.3 Å². The Bertz CT molecular complexity index is 4520. The largest absolute Gasteiger partial charge is 0.308 e. The molecule has 15 aromatic rings. The van der Waals surface area contributed by atoms with Crippen LogP contribution < -0.4 is 5.19 Å². The van der Waals surface area contributed by atoms with Gasteiger partial charge in [0, 0.05) is 43.1 Å². The van der Waals surface area contributed by atoms with Crippen LogP contribution in [-0.2, 0) is 0 Å². The molecule has 4 heterocycles. The van der Waals surface area contributed by atoms with Gasteiger partial charge in [-0.1, -0.05) is 158 Å². The Labute approximate surface area is 369 Å². The average Bonchev–Trinajstić information content (AvgIpc) is 4.05. The lowest BCUT2D eigenvalue weighted by Crippen LogP contribution is -2.37. The normalized spacial score (nSPS) is 12.9. The van der Waals surface area contributed by atoms with Crippen molar-refractivity contribution in [1.82, 2.24) is 8.80 Å². The fourth-order valence-corrected chi connectivity index (χ4v) is 13.0. The number of hydrogen-bond donors (Lipinski definition) is 0. The molecule has 15 rings (SSSR count). The van der Waals surface area contributed by atoms with E-state index < -0.39 is 8.07 Å². The van der Waals surface area contributed by atoms with E-state index in [-0.39, 0.29) is 0 Å². The number of nitrogens with zero attached hydrogens (tertiary/aromatic N) is 2. The molecular formula is C61H40N2Si. The molecule has 11 aromatic carbocycles. The summed E-state index contributed by atoms with van der Waals surface area (Å²) in [7, 11) is -1.54. The molecule has 0 radical (unpaired) electrons. The molecule has 0 amide bonds. The van der Waals surface area contributed by atoms with Gasteiger partial charge >= 0.3 is 0 Å². The lowest BCUT2D eigenvalue weighted by Gasteiger charge is -2.16. The van der Waals surface area contributed by atoms with Gasteiger partial charge in [0.2, 0.25) is 0 Å². The monoisotopic (exact) mass is 828 g/mol. The first-order chi connectivity index (χ1) is 31.4. The molecule has 2 nitrogen and oxygen atoms in total. The maximum atomic E-state index is 2.55. The van der Waals surface area contributed by atoms with Gasteiger partial charge in [0.05, 0.1) is 41.2 Å². The van der Waals surface area contributed by atoms with Crippen LogP contribution in [0.4, 0.5) is 0 Å². The molecule has 0 bridgehead atoms. The molecule has 4 aromatic heterocycles. The van der Waals surface area contributed by atoms with E-state index in [1.807, 2.05) is 0 Å². The van der Waals surface area contributed by atoms with E-state index in [1.54, 1.807) is 0 Å². The molecule has 0 spiro atoms. The quantitative estimate of drug-likeness (QED) is 0.124. The van der Waals surface area contributed by atoms with Gasteiger partial charge in [-0.2, -0.15) is 0 Å². The number of fused-ring (bicyclic) bond motifs is 19. The highest BCUT2D eigenvalue weighted by molar-refractivity contribution is 6.88. The van der Waals surface area contributed by atoms with Gasteiger partial charge in [0.25, 0.3) is 0 Å². The number of aromatic nitrogens is 2. The van der Waals surface area contributed by atoms with Crippen molar-refractivity contribution in [2.45, 2.75) is 19.6 Å². The third kappa shape index (κ3) is 4.49. The van der Waals surface area contributed by atoms with Crippen LogP contribution in [0.5, 0.6) is 0 Å². The van der Waals surface area contributed by atoms with Gasteiger partial charge in [-0.05, 0) is 120 Å². The summed E-state index contributed by atoms with van der Waals surface area (Å²) in [6.07, 6.45) is 0. The minimum Gasteiger partial charge on any atom is -0.308 e. The van der Waals surface area contributed by atoms with E-state index in [9.17, 15) is 0 Å². The molecule has 64 heavy (non-hydrogen) atoms.